The fourth-order valence-corrected chi connectivity index (χ4v) is 2.22. The average Bonchev–Trinajstić information content (AvgIpc) is 3.11. The number of carbonyl (C=O) groups is 1. The molecule has 1 fully saturated rings. The summed E-state index contributed by atoms with van der Waals surface area (Å²) >= 11 is 5.99. The Morgan fingerprint density at radius 2 is 2.11 bits per heavy atom. The minimum atomic E-state index is -0.118. The van der Waals surface area contributed by atoms with Crippen LogP contribution in [0.1, 0.15) is 16.8 Å². The van der Waals surface area contributed by atoms with Crippen molar-refractivity contribution >= 4 is 17.5 Å². The van der Waals surface area contributed by atoms with Crippen LogP contribution in [0.2, 0.25) is 5.02 Å². The number of halogens is 1. The highest BCUT2D eigenvalue weighted by molar-refractivity contribution is 6.31. The Hall–Kier alpha value is -1.92. The maximum atomic E-state index is 12.5. The predicted molar refractivity (Wildman–Crippen MR) is 70.0 cm³/mol. The number of carbonyl (C=O) groups excluding carboxylic acids is 1. The Morgan fingerprint density at radius 3 is 2.79 bits per heavy atom. The quantitative estimate of drug-likeness (QED) is 0.898. The van der Waals surface area contributed by atoms with Gasteiger partial charge in [-0.05, 0) is 24.6 Å². The van der Waals surface area contributed by atoms with Gasteiger partial charge in [0.1, 0.15) is 0 Å². The third-order valence-electron chi connectivity index (χ3n) is 2.93. The van der Waals surface area contributed by atoms with Crippen molar-refractivity contribution in [3.8, 4) is 5.69 Å². The SMILES string of the molecule is O=C(c1cc(Cl)ccc1-n1nccn1)N1CCCN1. The molecule has 3 rings (SSSR count). The van der Waals surface area contributed by atoms with E-state index in [0.717, 1.165) is 13.0 Å². The molecule has 0 unspecified atom stereocenters. The zero-order valence-electron chi connectivity index (χ0n) is 10.1. The monoisotopic (exact) mass is 277 g/mol. The summed E-state index contributed by atoms with van der Waals surface area (Å²) in [7, 11) is 0. The van der Waals surface area contributed by atoms with Gasteiger partial charge in [0, 0.05) is 18.1 Å². The number of hydrogen-bond donors (Lipinski definition) is 1. The third-order valence-corrected chi connectivity index (χ3v) is 3.16. The number of nitrogens with zero attached hydrogens (tertiary/aromatic N) is 4. The predicted octanol–water partition coefficient (Wildman–Crippen LogP) is 1.27. The summed E-state index contributed by atoms with van der Waals surface area (Å²) in [6.07, 6.45) is 4.08. The molecular formula is C12H12ClN5O. The van der Waals surface area contributed by atoms with Crippen LogP contribution in [0.3, 0.4) is 0 Å². The van der Waals surface area contributed by atoms with Crippen molar-refractivity contribution in [2.24, 2.45) is 0 Å². The van der Waals surface area contributed by atoms with E-state index in [9.17, 15) is 4.79 Å². The third kappa shape index (κ3) is 2.32. The molecule has 1 aliphatic rings. The highest BCUT2D eigenvalue weighted by atomic mass is 35.5. The van der Waals surface area contributed by atoms with E-state index in [2.05, 4.69) is 15.6 Å². The van der Waals surface area contributed by atoms with E-state index in [-0.39, 0.29) is 5.91 Å². The van der Waals surface area contributed by atoms with Crippen LogP contribution in [0.4, 0.5) is 0 Å². The van der Waals surface area contributed by atoms with Crippen molar-refractivity contribution in [1.82, 2.24) is 25.4 Å². The lowest BCUT2D eigenvalue weighted by atomic mass is 10.1. The largest absolute Gasteiger partial charge is 0.274 e. The number of rotatable bonds is 2. The summed E-state index contributed by atoms with van der Waals surface area (Å²) in [5, 5.41) is 10.2. The maximum Gasteiger partial charge on any atom is 0.270 e. The molecule has 0 radical (unpaired) electrons. The van der Waals surface area contributed by atoms with E-state index in [1.165, 1.54) is 4.80 Å². The fraction of sp³-hybridized carbons (Fsp3) is 0.250. The first kappa shape index (κ1) is 12.1. The van der Waals surface area contributed by atoms with Crippen molar-refractivity contribution in [2.45, 2.75) is 6.42 Å². The van der Waals surface area contributed by atoms with Crippen LogP contribution in [0.15, 0.2) is 30.6 Å². The summed E-state index contributed by atoms with van der Waals surface area (Å²) in [6, 6.07) is 5.10. The van der Waals surface area contributed by atoms with Crippen LogP contribution in [0, 0.1) is 0 Å². The van der Waals surface area contributed by atoms with Gasteiger partial charge in [-0.25, -0.2) is 5.43 Å². The number of aromatic nitrogens is 3. The van der Waals surface area contributed by atoms with E-state index in [1.807, 2.05) is 0 Å². The zero-order chi connectivity index (χ0) is 13.2. The number of amides is 1. The van der Waals surface area contributed by atoms with Crippen molar-refractivity contribution in [2.75, 3.05) is 13.1 Å². The minimum Gasteiger partial charge on any atom is -0.274 e. The second-order valence-corrected chi connectivity index (χ2v) is 4.63. The zero-order valence-corrected chi connectivity index (χ0v) is 10.8. The lowest BCUT2D eigenvalue weighted by Gasteiger charge is -2.17. The fourth-order valence-electron chi connectivity index (χ4n) is 2.04. The molecule has 2 heterocycles. The van der Waals surface area contributed by atoms with Gasteiger partial charge in [0.25, 0.3) is 5.91 Å². The normalized spacial score (nSPS) is 14.9. The van der Waals surface area contributed by atoms with Gasteiger partial charge >= 0.3 is 0 Å². The van der Waals surface area contributed by atoms with Gasteiger partial charge in [-0.2, -0.15) is 15.0 Å². The van der Waals surface area contributed by atoms with Gasteiger partial charge in [0.2, 0.25) is 0 Å². The van der Waals surface area contributed by atoms with Gasteiger partial charge in [-0.1, -0.05) is 11.6 Å². The first-order valence-electron chi connectivity index (χ1n) is 5.97. The van der Waals surface area contributed by atoms with Crippen molar-refractivity contribution < 1.29 is 4.79 Å². The summed E-state index contributed by atoms with van der Waals surface area (Å²) in [5.41, 5.74) is 4.14. The molecular weight excluding hydrogens is 266 g/mol. The number of benzene rings is 1. The van der Waals surface area contributed by atoms with Crippen LogP contribution in [-0.4, -0.2) is 39.0 Å². The first-order chi connectivity index (χ1) is 9.25. The topological polar surface area (TPSA) is 63.1 Å². The van der Waals surface area contributed by atoms with Crippen LogP contribution < -0.4 is 5.43 Å². The van der Waals surface area contributed by atoms with E-state index < -0.39 is 0 Å². The molecule has 98 valence electrons. The summed E-state index contributed by atoms with van der Waals surface area (Å²) < 4.78 is 0. The van der Waals surface area contributed by atoms with Crippen LogP contribution in [0.25, 0.3) is 5.69 Å². The van der Waals surface area contributed by atoms with Gasteiger partial charge in [-0.15, -0.1) is 0 Å². The molecule has 7 heteroatoms. The number of hydrazine groups is 1. The van der Waals surface area contributed by atoms with Crippen molar-refractivity contribution in [3.05, 3.63) is 41.2 Å². The molecule has 0 aliphatic carbocycles. The average molecular weight is 278 g/mol. The van der Waals surface area contributed by atoms with Crippen molar-refractivity contribution in [1.29, 1.82) is 0 Å². The lowest BCUT2D eigenvalue weighted by Crippen LogP contribution is -2.37. The Bertz CT molecular complexity index is 592. The molecule has 19 heavy (non-hydrogen) atoms. The van der Waals surface area contributed by atoms with Gasteiger partial charge < -0.3 is 0 Å². The molecule has 0 saturated carbocycles. The molecule has 1 aromatic carbocycles. The second-order valence-electron chi connectivity index (χ2n) is 4.20. The van der Waals surface area contributed by atoms with Crippen LogP contribution >= 0.6 is 11.6 Å². The van der Waals surface area contributed by atoms with Gasteiger partial charge in [0.05, 0.1) is 23.6 Å². The Morgan fingerprint density at radius 1 is 1.32 bits per heavy atom. The maximum absolute atomic E-state index is 12.5. The number of nitrogens with one attached hydrogen (secondary N) is 1. The molecule has 1 aliphatic heterocycles. The molecule has 1 N–H and O–H groups in total. The van der Waals surface area contributed by atoms with Gasteiger partial charge in [-0.3, -0.25) is 9.80 Å². The Labute approximate surface area is 114 Å². The Kier molecular flexibility index (Phi) is 3.18. The highest BCUT2D eigenvalue weighted by Gasteiger charge is 2.23. The van der Waals surface area contributed by atoms with E-state index >= 15 is 0 Å². The smallest absolute Gasteiger partial charge is 0.270 e. The summed E-state index contributed by atoms with van der Waals surface area (Å²) in [5.74, 6) is -0.118. The molecule has 1 aromatic heterocycles. The molecule has 6 nitrogen and oxygen atoms in total. The summed E-state index contributed by atoms with van der Waals surface area (Å²) in [6.45, 7) is 1.50. The second kappa shape index (κ2) is 4.99. The van der Waals surface area contributed by atoms with E-state index in [4.69, 9.17) is 11.6 Å². The molecule has 1 amide bonds. The highest BCUT2D eigenvalue weighted by Crippen LogP contribution is 2.20. The van der Waals surface area contributed by atoms with E-state index in [0.29, 0.717) is 22.8 Å². The van der Waals surface area contributed by atoms with E-state index in [1.54, 1.807) is 35.6 Å². The van der Waals surface area contributed by atoms with Gasteiger partial charge in [0.15, 0.2) is 0 Å². The standard InChI is InChI=1S/C12H12ClN5O/c13-9-2-3-11(18-15-5-6-16-18)10(8-9)12(19)17-7-1-4-14-17/h2-3,5-6,8,14H,1,4,7H2. The molecule has 2 aromatic rings. The summed E-state index contributed by atoms with van der Waals surface area (Å²) in [4.78, 5) is 13.9. The first-order valence-corrected chi connectivity index (χ1v) is 6.35. The number of hydrogen-bond acceptors (Lipinski definition) is 4. The molecule has 0 spiro atoms. The van der Waals surface area contributed by atoms with Crippen LogP contribution in [-0.2, 0) is 0 Å². The molecule has 0 bridgehead atoms. The lowest BCUT2D eigenvalue weighted by molar-refractivity contribution is 0.0726. The minimum absolute atomic E-state index is 0.118. The molecule has 0 atom stereocenters. The van der Waals surface area contributed by atoms with Crippen molar-refractivity contribution in [3.63, 3.8) is 0 Å². The Balaban J connectivity index is 2.03. The molecule has 1 saturated heterocycles. The van der Waals surface area contributed by atoms with Crippen LogP contribution in [0.5, 0.6) is 0 Å².